The minimum atomic E-state index is -3.50. The van der Waals surface area contributed by atoms with E-state index in [4.69, 9.17) is 0 Å². The van der Waals surface area contributed by atoms with E-state index in [1.807, 2.05) is 26.0 Å². The average Bonchev–Trinajstić information content (AvgIpc) is 2.68. The van der Waals surface area contributed by atoms with Crippen molar-refractivity contribution in [3.05, 3.63) is 74.8 Å². The molecule has 2 heterocycles. The Bertz CT molecular complexity index is 1380. The third-order valence-electron chi connectivity index (χ3n) is 4.98. The first-order valence-corrected chi connectivity index (χ1v) is 10.8. The molecule has 29 heavy (non-hydrogen) atoms. The van der Waals surface area contributed by atoms with Crippen molar-refractivity contribution in [1.29, 1.82) is 0 Å². The third kappa shape index (κ3) is 3.47. The van der Waals surface area contributed by atoms with Crippen molar-refractivity contribution in [2.45, 2.75) is 18.7 Å². The lowest BCUT2D eigenvalue weighted by atomic mass is 10.1. The van der Waals surface area contributed by atoms with Crippen molar-refractivity contribution < 1.29 is 8.42 Å². The summed E-state index contributed by atoms with van der Waals surface area (Å²) in [5.74, 6) is 0.182. The van der Waals surface area contributed by atoms with Gasteiger partial charge in [0.15, 0.2) is 21.0 Å². The van der Waals surface area contributed by atoms with Gasteiger partial charge in [-0.2, -0.15) is 0 Å². The van der Waals surface area contributed by atoms with E-state index in [0.717, 1.165) is 16.8 Å². The number of nitrogens with one attached hydrogen (secondary N) is 1. The molecule has 2 aromatic carbocycles. The lowest BCUT2D eigenvalue weighted by Crippen LogP contribution is -2.43. The lowest BCUT2D eigenvalue weighted by molar-refractivity contribution is 0.595. The fourth-order valence-corrected chi connectivity index (χ4v) is 4.53. The normalized spacial score (nSPS) is 12.8. The molecule has 1 aliphatic heterocycles. The molecule has 0 amide bonds. The standard InChI is InChI=1S/C21H20N4O3S/c1-13-11-17-18(12-14(13)2)25(20-19(24-17)21(26)23-15(3)22-20)9-10-29(27,28)16-7-5-4-6-8-16/h4-8,11-12H,3,9-10H2,1-2H3,(H,23,26). The maximum Gasteiger partial charge on any atom is 0.279 e. The Kier molecular flexibility index (Phi) is 4.58. The van der Waals surface area contributed by atoms with Crippen molar-refractivity contribution in [2.24, 2.45) is 4.99 Å². The van der Waals surface area contributed by atoms with Crippen LogP contribution in [-0.2, 0) is 9.84 Å². The van der Waals surface area contributed by atoms with Gasteiger partial charge in [-0.15, -0.1) is 0 Å². The van der Waals surface area contributed by atoms with E-state index in [2.05, 4.69) is 21.5 Å². The minimum Gasteiger partial charge on any atom is -0.321 e. The van der Waals surface area contributed by atoms with E-state index in [1.54, 1.807) is 35.2 Å². The number of nitrogens with zero attached hydrogens (tertiary/aromatic N) is 3. The maximum atomic E-state index is 12.8. The zero-order valence-electron chi connectivity index (χ0n) is 16.1. The van der Waals surface area contributed by atoms with Crippen LogP contribution in [0.1, 0.15) is 11.1 Å². The fraction of sp³-hybridized carbons (Fsp3) is 0.190. The van der Waals surface area contributed by atoms with Gasteiger partial charge in [-0.05, 0) is 49.2 Å². The Balaban J connectivity index is 1.83. The van der Waals surface area contributed by atoms with Gasteiger partial charge in [0.2, 0.25) is 0 Å². The highest BCUT2D eigenvalue weighted by Crippen LogP contribution is 2.36. The summed E-state index contributed by atoms with van der Waals surface area (Å²) in [6.45, 7) is 7.78. The largest absolute Gasteiger partial charge is 0.321 e. The highest BCUT2D eigenvalue weighted by Gasteiger charge is 2.25. The fourth-order valence-electron chi connectivity index (χ4n) is 3.30. The van der Waals surface area contributed by atoms with E-state index in [9.17, 15) is 13.2 Å². The molecule has 1 aliphatic rings. The first-order valence-electron chi connectivity index (χ1n) is 9.11. The molecule has 0 spiro atoms. The molecule has 0 aliphatic carbocycles. The van der Waals surface area contributed by atoms with E-state index >= 15 is 0 Å². The van der Waals surface area contributed by atoms with E-state index < -0.39 is 15.4 Å². The Morgan fingerprint density at radius 1 is 1.10 bits per heavy atom. The minimum absolute atomic E-state index is 0.130. The number of hydrogen-bond donors (Lipinski definition) is 1. The second-order valence-corrected chi connectivity index (χ2v) is 9.11. The first-order chi connectivity index (χ1) is 13.8. The average molecular weight is 408 g/mol. The molecular weight excluding hydrogens is 388 g/mol. The number of H-pyrrole nitrogens is 1. The lowest BCUT2D eigenvalue weighted by Gasteiger charge is -2.28. The number of aromatic nitrogens is 2. The van der Waals surface area contributed by atoms with Crippen molar-refractivity contribution in [2.75, 3.05) is 17.2 Å². The van der Waals surface area contributed by atoms with Crippen LogP contribution in [0.5, 0.6) is 0 Å². The number of hydrogen-bond acceptors (Lipinski definition) is 6. The Morgan fingerprint density at radius 3 is 2.52 bits per heavy atom. The van der Waals surface area contributed by atoms with Crippen molar-refractivity contribution in [1.82, 2.24) is 9.97 Å². The monoisotopic (exact) mass is 408 g/mol. The van der Waals surface area contributed by atoms with Crippen LogP contribution in [0.25, 0.3) is 6.58 Å². The quantitative estimate of drug-likeness (QED) is 0.709. The molecular formula is C21H20N4O3S. The first kappa shape index (κ1) is 19.1. The Labute approximate surface area is 168 Å². The number of sulfone groups is 1. The topological polar surface area (TPSA) is 95.5 Å². The summed E-state index contributed by atoms with van der Waals surface area (Å²) in [5, 5.41) is 0.158. The van der Waals surface area contributed by atoms with Crippen molar-refractivity contribution in [3.8, 4) is 0 Å². The molecule has 3 aromatic rings. The predicted octanol–water partition coefficient (Wildman–Crippen LogP) is 1.67. The molecule has 1 aromatic heterocycles. The summed E-state index contributed by atoms with van der Waals surface area (Å²) in [6, 6.07) is 12.1. The number of aryl methyl sites for hydroxylation is 2. The summed E-state index contributed by atoms with van der Waals surface area (Å²) in [7, 11) is -3.50. The van der Waals surface area contributed by atoms with Crippen LogP contribution in [-0.4, -0.2) is 30.7 Å². The molecule has 7 nitrogen and oxygen atoms in total. The molecule has 4 rings (SSSR count). The highest BCUT2D eigenvalue weighted by molar-refractivity contribution is 7.91. The number of anilines is 2. The van der Waals surface area contributed by atoms with Crippen LogP contribution in [0.3, 0.4) is 0 Å². The third-order valence-corrected chi connectivity index (χ3v) is 6.69. The van der Waals surface area contributed by atoms with E-state index in [-0.39, 0.29) is 28.0 Å². The number of benzene rings is 2. The molecule has 0 atom stereocenters. The van der Waals surface area contributed by atoms with Gasteiger partial charge >= 0.3 is 0 Å². The second kappa shape index (κ2) is 6.97. The van der Waals surface area contributed by atoms with Crippen molar-refractivity contribution >= 4 is 33.6 Å². The maximum absolute atomic E-state index is 12.8. The van der Waals surface area contributed by atoms with Crippen molar-refractivity contribution in [3.63, 3.8) is 0 Å². The van der Waals surface area contributed by atoms with Crippen LogP contribution < -0.4 is 21.3 Å². The zero-order valence-corrected chi connectivity index (χ0v) is 17.0. The molecule has 1 N–H and O–H groups in total. The van der Waals surface area contributed by atoms with Gasteiger partial charge in [0, 0.05) is 6.54 Å². The van der Waals surface area contributed by atoms with Crippen LogP contribution in [0.2, 0.25) is 0 Å². The summed E-state index contributed by atoms with van der Waals surface area (Å²) in [6.07, 6.45) is 0. The summed E-state index contributed by atoms with van der Waals surface area (Å²) in [4.78, 5) is 25.8. The smallest absolute Gasteiger partial charge is 0.279 e. The number of rotatable bonds is 4. The predicted molar refractivity (Wildman–Crippen MR) is 112 cm³/mol. The van der Waals surface area contributed by atoms with Crippen LogP contribution in [0, 0.1) is 13.8 Å². The summed E-state index contributed by atoms with van der Waals surface area (Å²) >= 11 is 0. The van der Waals surface area contributed by atoms with Gasteiger partial charge in [-0.1, -0.05) is 24.8 Å². The van der Waals surface area contributed by atoms with Gasteiger partial charge < -0.3 is 9.88 Å². The second-order valence-electron chi connectivity index (χ2n) is 7.01. The number of aromatic amines is 1. The summed E-state index contributed by atoms with van der Waals surface area (Å²) < 4.78 is 25.6. The van der Waals surface area contributed by atoms with E-state index in [0.29, 0.717) is 11.5 Å². The Hall–Kier alpha value is -3.26. The van der Waals surface area contributed by atoms with Gasteiger partial charge in [-0.3, -0.25) is 4.79 Å². The molecule has 148 valence electrons. The molecule has 0 fully saturated rings. The molecule has 0 saturated carbocycles. The van der Waals surface area contributed by atoms with E-state index in [1.165, 1.54) is 0 Å². The Morgan fingerprint density at radius 2 is 1.79 bits per heavy atom. The summed E-state index contributed by atoms with van der Waals surface area (Å²) in [5.41, 5.74) is 3.21. The van der Waals surface area contributed by atoms with Gasteiger partial charge in [0.25, 0.3) is 5.56 Å². The van der Waals surface area contributed by atoms with Crippen LogP contribution >= 0.6 is 0 Å². The van der Waals surface area contributed by atoms with Crippen LogP contribution in [0.4, 0.5) is 17.2 Å². The number of fused-ring (bicyclic) bond motifs is 2. The molecule has 0 radical (unpaired) electrons. The van der Waals surface area contributed by atoms with Gasteiger partial charge in [0.05, 0.1) is 22.0 Å². The molecule has 8 heteroatoms. The molecule has 0 unspecified atom stereocenters. The van der Waals surface area contributed by atoms with Crippen LogP contribution in [0.15, 0.2) is 57.1 Å². The molecule has 0 saturated heterocycles. The highest BCUT2D eigenvalue weighted by atomic mass is 32.2. The van der Waals surface area contributed by atoms with Gasteiger partial charge in [0.1, 0.15) is 5.48 Å². The van der Waals surface area contributed by atoms with Gasteiger partial charge in [-0.25, -0.2) is 18.4 Å². The SMILES string of the molecule is C=c1nc2c(c(=O)[nH]1)=Nc1cc(C)c(C)cc1N2CCS(=O)(=O)c1ccccc1. The molecule has 0 bridgehead atoms. The zero-order chi connectivity index (χ0) is 20.8.